The Balaban J connectivity index is 1.55. The van der Waals surface area contributed by atoms with Gasteiger partial charge < -0.3 is 10.6 Å². The predicted molar refractivity (Wildman–Crippen MR) is 123 cm³/mol. The SMILES string of the molecule is CNC(=O)[C@@H]1NC(C23CC(N(Cc4ccc(Cl)cc4)S(=O)(=O)CCC(F)(F)F)(C2)C3)=NC1(C)C. The highest BCUT2D eigenvalue weighted by Gasteiger charge is 2.75. The lowest BCUT2D eigenvalue weighted by Gasteiger charge is -2.73. The summed E-state index contributed by atoms with van der Waals surface area (Å²) in [5.74, 6) is -0.514. The number of alkyl halides is 3. The molecule has 0 saturated heterocycles. The first-order valence-electron chi connectivity index (χ1n) is 11.0. The Morgan fingerprint density at radius 3 is 2.35 bits per heavy atom. The van der Waals surface area contributed by atoms with Crippen LogP contribution in [0.3, 0.4) is 0 Å². The monoisotopic (exact) mass is 520 g/mol. The molecule has 188 valence electrons. The van der Waals surface area contributed by atoms with Gasteiger partial charge in [0.2, 0.25) is 15.9 Å². The number of amides is 1. The average Bonchev–Trinajstić information content (AvgIpc) is 2.99. The van der Waals surface area contributed by atoms with E-state index in [1.54, 1.807) is 31.3 Å². The van der Waals surface area contributed by atoms with Crippen molar-refractivity contribution < 1.29 is 26.4 Å². The quantitative estimate of drug-likeness (QED) is 0.550. The zero-order valence-corrected chi connectivity index (χ0v) is 20.7. The van der Waals surface area contributed by atoms with Crippen molar-refractivity contribution in [3.63, 3.8) is 0 Å². The molecule has 7 nitrogen and oxygen atoms in total. The molecule has 2 N–H and O–H groups in total. The van der Waals surface area contributed by atoms with E-state index in [9.17, 15) is 26.4 Å². The molecule has 4 aliphatic rings. The zero-order chi connectivity index (χ0) is 25.2. The van der Waals surface area contributed by atoms with Gasteiger partial charge in [0.15, 0.2) is 0 Å². The number of carbonyl (C=O) groups excluding carboxylic acids is 1. The van der Waals surface area contributed by atoms with Crippen LogP contribution in [0.15, 0.2) is 29.3 Å². The molecular weight excluding hydrogens is 493 g/mol. The van der Waals surface area contributed by atoms with E-state index < -0.39 is 50.9 Å². The van der Waals surface area contributed by atoms with Crippen molar-refractivity contribution in [1.82, 2.24) is 14.9 Å². The number of nitrogens with zero attached hydrogens (tertiary/aromatic N) is 2. The van der Waals surface area contributed by atoms with Crippen LogP contribution >= 0.6 is 11.6 Å². The molecule has 3 saturated carbocycles. The van der Waals surface area contributed by atoms with Crippen LogP contribution < -0.4 is 10.6 Å². The molecule has 1 amide bonds. The minimum absolute atomic E-state index is 0.0281. The van der Waals surface area contributed by atoms with E-state index in [0.29, 0.717) is 35.7 Å². The summed E-state index contributed by atoms with van der Waals surface area (Å²) in [6.45, 7) is 3.67. The summed E-state index contributed by atoms with van der Waals surface area (Å²) < 4.78 is 66.0. The van der Waals surface area contributed by atoms with E-state index in [-0.39, 0.29) is 12.5 Å². The van der Waals surface area contributed by atoms with Crippen LogP contribution in [0.5, 0.6) is 0 Å². The number of rotatable bonds is 8. The molecule has 0 radical (unpaired) electrons. The summed E-state index contributed by atoms with van der Waals surface area (Å²) in [6, 6.07) is 6.06. The zero-order valence-electron chi connectivity index (χ0n) is 19.2. The van der Waals surface area contributed by atoms with Crippen LogP contribution in [-0.2, 0) is 21.4 Å². The molecule has 5 rings (SSSR count). The number of hydrogen-bond acceptors (Lipinski definition) is 5. The van der Waals surface area contributed by atoms with Crippen LogP contribution in [0.2, 0.25) is 5.02 Å². The third-order valence-electron chi connectivity index (χ3n) is 7.15. The number of benzene rings is 1. The number of nitrogens with one attached hydrogen (secondary N) is 2. The van der Waals surface area contributed by atoms with Gasteiger partial charge in [0.1, 0.15) is 11.9 Å². The number of halogens is 4. The summed E-state index contributed by atoms with van der Waals surface area (Å²) >= 11 is 5.93. The molecule has 1 aromatic carbocycles. The van der Waals surface area contributed by atoms with Gasteiger partial charge in [-0.2, -0.15) is 17.5 Å². The van der Waals surface area contributed by atoms with E-state index in [4.69, 9.17) is 16.6 Å². The van der Waals surface area contributed by atoms with Crippen LogP contribution in [0.4, 0.5) is 13.2 Å². The second kappa shape index (κ2) is 8.09. The molecule has 3 aliphatic carbocycles. The summed E-state index contributed by atoms with van der Waals surface area (Å²) in [5, 5.41) is 6.32. The van der Waals surface area contributed by atoms with Crippen LogP contribution in [0.25, 0.3) is 0 Å². The van der Waals surface area contributed by atoms with Gasteiger partial charge in [-0.3, -0.25) is 9.79 Å². The lowest BCUT2D eigenvalue weighted by Crippen LogP contribution is -2.78. The highest BCUT2D eigenvalue weighted by atomic mass is 35.5. The van der Waals surface area contributed by atoms with Gasteiger partial charge in [-0.1, -0.05) is 23.7 Å². The average molecular weight is 521 g/mol. The molecule has 0 spiro atoms. The van der Waals surface area contributed by atoms with Crippen molar-refractivity contribution in [3.05, 3.63) is 34.9 Å². The van der Waals surface area contributed by atoms with E-state index in [0.717, 1.165) is 0 Å². The summed E-state index contributed by atoms with van der Waals surface area (Å²) in [5.41, 5.74) is -1.17. The van der Waals surface area contributed by atoms with Crippen LogP contribution in [0.1, 0.15) is 45.1 Å². The first-order chi connectivity index (χ1) is 15.6. The first-order valence-corrected chi connectivity index (χ1v) is 13.0. The third kappa shape index (κ3) is 4.42. The molecule has 1 atom stereocenters. The van der Waals surface area contributed by atoms with Gasteiger partial charge in [0, 0.05) is 29.6 Å². The van der Waals surface area contributed by atoms with Crippen LogP contribution in [-0.4, -0.2) is 60.6 Å². The number of carbonyl (C=O) groups is 1. The molecule has 2 bridgehead atoms. The molecule has 0 unspecified atom stereocenters. The Morgan fingerprint density at radius 1 is 1.24 bits per heavy atom. The fourth-order valence-corrected chi connectivity index (χ4v) is 7.39. The summed E-state index contributed by atoms with van der Waals surface area (Å²) in [7, 11) is -2.64. The van der Waals surface area contributed by atoms with E-state index in [1.165, 1.54) is 4.31 Å². The Bertz CT molecular complexity index is 1100. The van der Waals surface area contributed by atoms with Crippen LogP contribution in [0, 0.1) is 5.41 Å². The maximum absolute atomic E-state index is 13.1. The normalized spacial score (nSPS) is 29.6. The number of aliphatic imine (C=N–C) groups is 1. The second-order valence-electron chi connectivity index (χ2n) is 10.2. The highest BCUT2D eigenvalue weighted by molar-refractivity contribution is 7.89. The van der Waals surface area contributed by atoms with Gasteiger partial charge in [0.25, 0.3) is 0 Å². The van der Waals surface area contributed by atoms with Gasteiger partial charge in [-0.05, 0) is 50.8 Å². The summed E-state index contributed by atoms with van der Waals surface area (Å²) in [4.78, 5) is 17.0. The van der Waals surface area contributed by atoms with Crippen molar-refractivity contribution in [2.45, 2.75) is 69.4 Å². The summed E-state index contributed by atoms with van der Waals surface area (Å²) in [6.07, 6.45) is -4.63. The standard InChI is InChI=1S/C22H28ClF3N4O3S/c1-19(2)16(17(31)27-3)28-18(29-19)20-11-21(12-20,13-20)30(10-14-4-6-15(23)7-5-14)34(32,33)9-8-22(24,25)26/h4-7,16H,8-13H2,1-3H3,(H,27,31)(H,28,29)/t16-,20?,21?/m0/s1. The first kappa shape index (κ1) is 25.2. The van der Waals surface area contributed by atoms with E-state index >= 15 is 0 Å². The highest BCUT2D eigenvalue weighted by Crippen LogP contribution is 2.71. The molecule has 1 aliphatic heterocycles. The third-order valence-corrected chi connectivity index (χ3v) is 9.31. The number of amidine groups is 1. The predicted octanol–water partition coefficient (Wildman–Crippen LogP) is 3.24. The minimum atomic E-state index is -4.57. The molecule has 1 aromatic rings. The molecule has 0 aromatic heterocycles. The van der Waals surface area contributed by atoms with Gasteiger partial charge in [-0.15, -0.1) is 0 Å². The molecule has 1 heterocycles. The van der Waals surface area contributed by atoms with E-state index in [2.05, 4.69) is 10.6 Å². The maximum atomic E-state index is 13.1. The van der Waals surface area contributed by atoms with Crippen molar-refractivity contribution in [2.75, 3.05) is 12.8 Å². The van der Waals surface area contributed by atoms with Gasteiger partial charge in [0.05, 0.1) is 17.7 Å². The van der Waals surface area contributed by atoms with Crippen molar-refractivity contribution in [2.24, 2.45) is 10.4 Å². The maximum Gasteiger partial charge on any atom is 0.390 e. The van der Waals surface area contributed by atoms with Crippen molar-refractivity contribution in [1.29, 1.82) is 0 Å². The van der Waals surface area contributed by atoms with Gasteiger partial charge >= 0.3 is 6.18 Å². The Kier molecular flexibility index (Phi) is 6.01. The van der Waals surface area contributed by atoms with Crippen molar-refractivity contribution >= 4 is 33.4 Å². The smallest absolute Gasteiger partial charge is 0.360 e. The topological polar surface area (TPSA) is 90.9 Å². The van der Waals surface area contributed by atoms with E-state index in [1.807, 2.05) is 13.8 Å². The molecular formula is C22H28ClF3N4O3S. The van der Waals surface area contributed by atoms with Gasteiger partial charge in [-0.25, -0.2) is 8.42 Å². The Hall–Kier alpha value is -1.85. The lowest BCUT2D eigenvalue weighted by molar-refractivity contribution is -0.152. The fraction of sp³-hybridized carbons (Fsp3) is 0.636. The minimum Gasteiger partial charge on any atom is -0.360 e. The number of hydrogen-bond donors (Lipinski definition) is 2. The molecule has 3 fully saturated rings. The molecule has 12 heteroatoms. The van der Waals surface area contributed by atoms with Crippen molar-refractivity contribution in [3.8, 4) is 0 Å². The molecule has 34 heavy (non-hydrogen) atoms. The number of sulfonamides is 1. The Morgan fingerprint density at radius 2 is 1.82 bits per heavy atom. The second-order valence-corrected chi connectivity index (χ2v) is 12.6. The lowest BCUT2D eigenvalue weighted by atomic mass is 9.38. The Labute approximate surface area is 202 Å². The number of likely N-dealkylation sites (N-methyl/N-ethyl adjacent to an activating group) is 1. The largest absolute Gasteiger partial charge is 0.390 e. The fourth-order valence-electron chi connectivity index (χ4n) is 5.42.